The average molecular weight is 237 g/mol. The van der Waals surface area contributed by atoms with Crippen LogP contribution in [-0.2, 0) is 0 Å². The lowest BCUT2D eigenvalue weighted by atomic mass is 10.1. The highest BCUT2D eigenvalue weighted by Gasteiger charge is 2.21. The third kappa shape index (κ3) is 3.00. The van der Waals surface area contributed by atoms with Crippen LogP contribution in [0.1, 0.15) is 6.92 Å². The maximum Gasteiger partial charge on any atom is 0.141 e. The largest absolute Gasteiger partial charge is 0.363 e. The maximum absolute atomic E-state index is 12.5. The van der Waals surface area contributed by atoms with E-state index in [1.807, 2.05) is 6.92 Å². The van der Waals surface area contributed by atoms with Crippen LogP contribution in [0.3, 0.4) is 0 Å². The van der Waals surface area contributed by atoms with E-state index in [1.54, 1.807) is 6.07 Å². The lowest BCUT2D eigenvalue weighted by Crippen LogP contribution is -2.39. The van der Waals surface area contributed by atoms with Crippen LogP contribution in [-0.4, -0.2) is 22.3 Å². The summed E-state index contributed by atoms with van der Waals surface area (Å²) in [6.07, 6.45) is 1.14. The highest BCUT2D eigenvalue weighted by molar-refractivity contribution is 6.22. The molecule has 14 heavy (non-hydrogen) atoms. The van der Waals surface area contributed by atoms with Crippen molar-refractivity contribution in [3.63, 3.8) is 0 Å². The summed E-state index contributed by atoms with van der Waals surface area (Å²) < 4.78 is 12.5. The molecule has 0 spiro atoms. The second-order valence-corrected chi connectivity index (χ2v) is 3.85. The van der Waals surface area contributed by atoms with Gasteiger partial charge in [-0.2, -0.15) is 0 Å². The molecule has 2 nitrogen and oxygen atoms in total. The van der Waals surface area contributed by atoms with Crippen molar-refractivity contribution in [1.82, 2.24) is 4.98 Å². The molecule has 0 aliphatic carbocycles. The lowest BCUT2D eigenvalue weighted by Gasteiger charge is -2.26. The topological polar surface area (TPSA) is 24.9 Å². The molecule has 78 valence electrons. The van der Waals surface area contributed by atoms with Crippen LogP contribution >= 0.6 is 23.2 Å². The second kappa shape index (κ2) is 4.80. The first-order valence-corrected chi connectivity index (χ1v) is 5.18. The van der Waals surface area contributed by atoms with Gasteiger partial charge in [-0.1, -0.05) is 0 Å². The third-order valence-corrected chi connectivity index (χ3v) is 2.93. The van der Waals surface area contributed by atoms with Crippen LogP contribution in [0.25, 0.3) is 0 Å². The molecule has 1 rings (SSSR count). The Labute approximate surface area is 92.4 Å². The number of nitrogens with zero attached hydrogens (tertiary/aromatic N) is 1. The van der Waals surface area contributed by atoms with Crippen LogP contribution in [0, 0.1) is 5.82 Å². The maximum atomic E-state index is 12.5. The summed E-state index contributed by atoms with van der Waals surface area (Å²) in [7, 11) is 0. The Hall–Kier alpha value is -0.540. The zero-order chi connectivity index (χ0) is 10.6. The number of hydrogen-bond donors (Lipinski definition) is 1. The van der Waals surface area contributed by atoms with Crippen LogP contribution in [0.5, 0.6) is 0 Å². The minimum Gasteiger partial charge on any atom is -0.363 e. The fraction of sp³-hybridized carbons (Fsp3) is 0.444. The number of nitrogens with one attached hydrogen (secondary N) is 1. The minimum absolute atomic E-state index is 0.357. The SMILES string of the molecule is CC(CCl)(CCl)Nc1ccc(F)cn1. The van der Waals surface area contributed by atoms with Gasteiger partial charge in [-0.25, -0.2) is 9.37 Å². The predicted octanol–water partition coefficient (Wildman–Crippen LogP) is 2.87. The Morgan fingerprint density at radius 1 is 1.43 bits per heavy atom. The summed E-state index contributed by atoms with van der Waals surface area (Å²) >= 11 is 11.5. The van der Waals surface area contributed by atoms with E-state index in [4.69, 9.17) is 23.2 Å². The summed E-state index contributed by atoms with van der Waals surface area (Å²) in [6, 6.07) is 2.88. The Morgan fingerprint density at radius 2 is 2.07 bits per heavy atom. The molecule has 5 heteroatoms. The molecule has 0 fully saturated rings. The van der Waals surface area contributed by atoms with Gasteiger partial charge in [0.2, 0.25) is 0 Å². The van der Waals surface area contributed by atoms with Gasteiger partial charge in [0.05, 0.1) is 11.7 Å². The lowest BCUT2D eigenvalue weighted by molar-refractivity contribution is 0.616. The van der Waals surface area contributed by atoms with Crippen LogP contribution < -0.4 is 5.32 Å². The van der Waals surface area contributed by atoms with Crippen molar-refractivity contribution in [1.29, 1.82) is 0 Å². The van der Waals surface area contributed by atoms with Crippen molar-refractivity contribution in [3.8, 4) is 0 Å². The standard InChI is InChI=1S/C9H11Cl2FN2/c1-9(5-10,6-11)14-8-3-2-7(12)4-13-8/h2-4H,5-6H2,1H3,(H,13,14). The number of aromatic nitrogens is 1. The fourth-order valence-corrected chi connectivity index (χ4v) is 1.28. The van der Waals surface area contributed by atoms with Gasteiger partial charge in [-0.05, 0) is 19.1 Å². The third-order valence-electron chi connectivity index (χ3n) is 1.75. The summed E-state index contributed by atoms with van der Waals surface area (Å²) in [5.74, 6) is 0.912. The Balaban J connectivity index is 2.72. The van der Waals surface area contributed by atoms with E-state index in [0.29, 0.717) is 17.6 Å². The molecule has 0 bridgehead atoms. The Morgan fingerprint density at radius 3 is 2.50 bits per heavy atom. The number of pyridine rings is 1. The number of rotatable bonds is 4. The molecule has 0 atom stereocenters. The molecule has 0 saturated carbocycles. The van der Waals surface area contributed by atoms with Gasteiger partial charge in [-0.3, -0.25) is 0 Å². The quantitative estimate of drug-likeness (QED) is 0.814. The molecule has 0 unspecified atom stereocenters. The first-order chi connectivity index (χ1) is 6.59. The fourth-order valence-electron chi connectivity index (χ4n) is 0.861. The number of anilines is 1. The molecule has 0 aliphatic heterocycles. The zero-order valence-corrected chi connectivity index (χ0v) is 9.24. The molecule has 0 saturated heterocycles. The van der Waals surface area contributed by atoms with Gasteiger partial charge in [-0.15, -0.1) is 23.2 Å². The van der Waals surface area contributed by atoms with Gasteiger partial charge < -0.3 is 5.32 Å². The van der Waals surface area contributed by atoms with E-state index in [-0.39, 0.29) is 5.82 Å². The minimum atomic E-state index is -0.423. The van der Waals surface area contributed by atoms with Gasteiger partial charge in [0.15, 0.2) is 0 Å². The summed E-state index contributed by atoms with van der Waals surface area (Å²) in [6.45, 7) is 1.87. The molecule has 0 amide bonds. The van der Waals surface area contributed by atoms with Crippen LogP contribution in [0.2, 0.25) is 0 Å². The molecule has 0 aromatic carbocycles. The van der Waals surface area contributed by atoms with E-state index in [1.165, 1.54) is 6.07 Å². The second-order valence-electron chi connectivity index (χ2n) is 3.31. The molecular weight excluding hydrogens is 226 g/mol. The number of hydrogen-bond acceptors (Lipinski definition) is 2. The first-order valence-electron chi connectivity index (χ1n) is 4.11. The van der Waals surface area contributed by atoms with E-state index in [2.05, 4.69) is 10.3 Å². The van der Waals surface area contributed by atoms with Crippen molar-refractivity contribution in [3.05, 3.63) is 24.1 Å². The summed E-state index contributed by atoms with van der Waals surface area (Å²) in [5.41, 5.74) is -0.423. The van der Waals surface area contributed by atoms with Crippen molar-refractivity contribution < 1.29 is 4.39 Å². The number of halogens is 3. The summed E-state index contributed by atoms with van der Waals surface area (Å²) in [4.78, 5) is 3.86. The molecule has 0 aliphatic rings. The normalized spacial score (nSPS) is 11.4. The zero-order valence-electron chi connectivity index (χ0n) is 7.73. The van der Waals surface area contributed by atoms with E-state index >= 15 is 0 Å². The highest BCUT2D eigenvalue weighted by Crippen LogP contribution is 2.16. The van der Waals surface area contributed by atoms with Crippen molar-refractivity contribution in [2.75, 3.05) is 17.1 Å². The number of alkyl halides is 2. The molecule has 1 N–H and O–H groups in total. The Kier molecular flexibility index (Phi) is 3.96. The van der Waals surface area contributed by atoms with Crippen molar-refractivity contribution >= 4 is 29.0 Å². The molecule has 1 heterocycles. The van der Waals surface area contributed by atoms with Gasteiger partial charge in [0, 0.05) is 11.8 Å². The van der Waals surface area contributed by atoms with Crippen LogP contribution in [0.4, 0.5) is 10.2 Å². The van der Waals surface area contributed by atoms with Gasteiger partial charge in [0.1, 0.15) is 11.6 Å². The van der Waals surface area contributed by atoms with Crippen LogP contribution in [0.15, 0.2) is 18.3 Å². The predicted molar refractivity (Wildman–Crippen MR) is 57.7 cm³/mol. The van der Waals surface area contributed by atoms with Gasteiger partial charge >= 0.3 is 0 Å². The first kappa shape index (κ1) is 11.5. The molecule has 1 aromatic heterocycles. The highest BCUT2D eigenvalue weighted by atomic mass is 35.5. The van der Waals surface area contributed by atoms with E-state index in [9.17, 15) is 4.39 Å². The Bertz CT molecular complexity index is 285. The monoisotopic (exact) mass is 236 g/mol. The van der Waals surface area contributed by atoms with Gasteiger partial charge in [0.25, 0.3) is 0 Å². The summed E-state index contributed by atoms with van der Waals surface area (Å²) in [5, 5.41) is 3.04. The van der Waals surface area contributed by atoms with E-state index < -0.39 is 5.54 Å². The average Bonchev–Trinajstić information content (AvgIpc) is 2.21. The molecule has 0 radical (unpaired) electrons. The van der Waals surface area contributed by atoms with Crippen molar-refractivity contribution in [2.24, 2.45) is 0 Å². The smallest absolute Gasteiger partial charge is 0.141 e. The molecule has 1 aromatic rings. The van der Waals surface area contributed by atoms with Crippen molar-refractivity contribution in [2.45, 2.75) is 12.5 Å². The van der Waals surface area contributed by atoms with E-state index in [0.717, 1.165) is 6.20 Å². The molecular formula is C9H11Cl2FN2.